The van der Waals surface area contributed by atoms with Gasteiger partial charge >= 0.3 is 5.97 Å². The minimum absolute atomic E-state index is 0.0753. The van der Waals surface area contributed by atoms with E-state index >= 15 is 0 Å². The number of hydrogen-bond donors (Lipinski definition) is 3. The number of carbonyl (C=O) groups excluding carboxylic acids is 2. The molecule has 0 radical (unpaired) electrons. The van der Waals surface area contributed by atoms with E-state index in [1.807, 2.05) is 45.0 Å². The Morgan fingerprint density at radius 3 is 2.08 bits per heavy atom. The number of nitrogens with one attached hydrogen (secondary N) is 2. The van der Waals surface area contributed by atoms with Gasteiger partial charge in [0.2, 0.25) is 5.91 Å². The predicted molar refractivity (Wildman–Crippen MR) is 145 cm³/mol. The molecule has 0 spiro atoms. The molecule has 0 bridgehead atoms. The number of rotatable bonds is 7. The lowest BCUT2D eigenvalue weighted by molar-refractivity contribution is -0.115. The average molecular weight is 499 g/mol. The summed E-state index contributed by atoms with van der Waals surface area (Å²) in [4.78, 5) is 38.5. The number of para-hydroxylation sites is 1. The van der Waals surface area contributed by atoms with Crippen LogP contribution in [0.2, 0.25) is 0 Å². The zero-order valence-electron chi connectivity index (χ0n) is 20.2. The molecule has 6 nitrogen and oxygen atoms in total. The van der Waals surface area contributed by atoms with E-state index in [4.69, 9.17) is 0 Å². The van der Waals surface area contributed by atoms with Crippen molar-refractivity contribution in [2.75, 3.05) is 10.6 Å². The van der Waals surface area contributed by atoms with Gasteiger partial charge in [0.25, 0.3) is 5.91 Å². The van der Waals surface area contributed by atoms with Gasteiger partial charge in [0.05, 0.1) is 10.8 Å². The van der Waals surface area contributed by atoms with Crippen LogP contribution in [-0.2, 0) is 4.79 Å². The van der Waals surface area contributed by atoms with E-state index in [9.17, 15) is 19.5 Å². The molecule has 0 aliphatic rings. The molecule has 3 N–H and O–H groups in total. The first-order valence-corrected chi connectivity index (χ1v) is 12.3. The number of carboxylic acid groups (broad SMARTS) is 1. The summed E-state index contributed by atoms with van der Waals surface area (Å²) < 4.78 is 0. The van der Waals surface area contributed by atoms with Gasteiger partial charge in [0.1, 0.15) is 0 Å². The third-order valence-electron chi connectivity index (χ3n) is 5.88. The van der Waals surface area contributed by atoms with Crippen molar-refractivity contribution >= 4 is 51.7 Å². The van der Waals surface area contributed by atoms with Crippen LogP contribution >= 0.6 is 11.8 Å². The van der Waals surface area contributed by atoms with E-state index in [1.165, 1.54) is 17.8 Å². The van der Waals surface area contributed by atoms with Crippen LogP contribution in [0.5, 0.6) is 0 Å². The third kappa shape index (κ3) is 5.42. The number of carbonyl (C=O) groups is 3. The van der Waals surface area contributed by atoms with Gasteiger partial charge in [0, 0.05) is 27.2 Å². The topological polar surface area (TPSA) is 95.5 Å². The number of aryl methyl sites for hydroxylation is 2. The molecule has 182 valence electrons. The molecule has 4 aromatic rings. The summed E-state index contributed by atoms with van der Waals surface area (Å²) in [6.07, 6.45) is 0. The zero-order valence-corrected chi connectivity index (χ0v) is 21.0. The molecule has 2 amide bonds. The number of anilines is 2. The summed E-state index contributed by atoms with van der Waals surface area (Å²) in [7, 11) is 0. The molecule has 0 saturated carbocycles. The monoisotopic (exact) mass is 498 g/mol. The highest BCUT2D eigenvalue weighted by Crippen LogP contribution is 2.29. The summed E-state index contributed by atoms with van der Waals surface area (Å²) in [6.45, 7) is 5.76. The fraction of sp³-hybridized carbons (Fsp3) is 0.138. The SMILES string of the molecule is Cc1cccc(C)c1NC(=O)C(C)Sc1cccc(NC(=O)c2cccc3cccc(C(=O)O)c23)c1. The first-order chi connectivity index (χ1) is 17.2. The molecule has 7 heteroatoms. The maximum atomic E-state index is 13.1. The van der Waals surface area contributed by atoms with E-state index in [1.54, 1.807) is 48.5 Å². The number of benzene rings is 4. The second kappa shape index (κ2) is 10.7. The molecule has 1 unspecified atom stereocenters. The molecule has 0 aliphatic carbocycles. The van der Waals surface area contributed by atoms with Crippen LogP contribution in [-0.4, -0.2) is 28.1 Å². The molecule has 0 saturated heterocycles. The van der Waals surface area contributed by atoms with Gasteiger partial charge in [-0.05, 0) is 67.6 Å². The molecule has 0 aliphatic heterocycles. The van der Waals surface area contributed by atoms with Gasteiger partial charge in [-0.3, -0.25) is 9.59 Å². The lowest BCUT2D eigenvalue weighted by atomic mass is 9.98. The molecule has 4 aromatic carbocycles. The highest BCUT2D eigenvalue weighted by Gasteiger charge is 2.18. The van der Waals surface area contributed by atoms with Gasteiger partial charge < -0.3 is 15.7 Å². The van der Waals surface area contributed by atoms with Crippen molar-refractivity contribution in [2.24, 2.45) is 0 Å². The van der Waals surface area contributed by atoms with Crippen molar-refractivity contribution in [1.82, 2.24) is 0 Å². The normalized spacial score (nSPS) is 11.6. The molecular weight excluding hydrogens is 472 g/mol. The number of amides is 2. The maximum Gasteiger partial charge on any atom is 0.336 e. The second-order valence-corrected chi connectivity index (χ2v) is 9.93. The summed E-state index contributed by atoms with van der Waals surface area (Å²) in [5, 5.41) is 16.2. The average Bonchev–Trinajstić information content (AvgIpc) is 2.85. The van der Waals surface area contributed by atoms with E-state index in [0.29, 0.717) is 16.5 Å². The Morgan fingerprint density at radius 1 is 0.806 bits per heavy atom. The Balaban J connectivity index is 1.50. The Hall–Kier alpha value is -4.10. The van der Waals surface area contributed by atoms with Crippen molar-refractivity contribution in [1.29, 1.82) is 0 Å². The fourth-order valence-electron chi connectivity index (χ4n) is 4.05. The maximum absolute atomic E-state index is 13.1. The van der Waals surface area contributed by atoms with E-state index < -0.39 is 11.9 Å². The first kappa shape index (κ1) is 25.0. The molecule has 0 heterocycles. The van der Waals surface area contributed by atoms with Crippen molar-refractivity contribution in [3.8, 4) is 0 Å². The van der Waals surface area contributed by atoms with Crippen LogP contribution in [0.3, 0.4) is 0 Å². The Bertz CT molecular complexity index is 1460. The smallest absolute Gasteiger partial charge is 0.336 e. The van der Waals surface area contributed by atoms with Crippen LogP contribution in [0.25, 0.3) is 10.8 Å². The van der Waals surface area contributed by atoms with Crippen molar-refractivity contribution in [3.05, 3.63) is 101 Å². The number of thioether (sulfide) groups is 1. The van der Waals surface area contributed by atoms with Crippen molar-refractivity contribution in [2.45, 2.75) is 30.9 Å². The van der Waals surface area contributed by atoms with Gasteiger partial charge in [-0.1, -0.05) is 48.5 Å². The van der Waals surface area contributed by atoms with E-state index in [2.05, 4.69) is 10.6 Å². The highest BCUT2D eigenvalue weighted by molar-refractivity contribution is 8.00. The quantitative estimate of drug-likeness (QED) is 0.252. The minimum Gasteiger partial charge on any atom is -0.478 e. The number of hydrogen-bond acceptors (Lipinski definition) is 4. The lowest BCUT2D eigenvalue weighted by Gasteiger charge is -2.16. The van der Waals surface area contributed by atoms with Crippen LogP contribution in [0, 0.1) is 13.8 Å². The standard InChI is InChI=1S/C29H26N2O4S/c1-17-8-4-9-18(2)26(17)31-27(32)19(3)36-22-13-7-12-21(16-22)30-28(33)23-14-5-10-20-11-6-15-24(25(20)23)29(34)35/h4-16,19H,1-3H3,(H,30,33)(H,31,32)(H,34,35). The van der Waals surface area contributed by atoms with Crippen molar-refractivity contribution in [3.63, 3.8) is 0 Å². The number of aromatic carboxylic acids is 1. The molecule has 1 atom stereocenters. The zero-order chi connectivity index (χ0) is 25.8. The molecular formula is C29H26N2O4S. The van der Waals surface area contributed by atoms with Gasteiger partial charge in [-0.15, -0.1) is 11.8 Å². The van der Waals surface area contributed by atoms with Crippen molar-refractivity contribution < 1.29 is 19.5 Å². The Morgan fingerprint density at radius 2 is 1.42 bits per heavy atom. The van der Waals surface area contributed by atoms with Crippen LogP contribution in [0.1, 0.15) is 38.8 Å². The second-order valence-electron chi connectivity index (χ2n) is 8.51. The molecule has 0 fully saturated rings. The van der Waals surface area contributed by atoms with Crippen LogP contribution in [0.15, 0.2) is 83.8 Å². The number of carboxylic acids is 1. The first-order valence-electron chi connectivity index (χ1n) is 11.4. The molecule has 0 aromatic heterocycles. The minimum atomic E-state index is -1.09. The lowest BCUT2D eigenvalue weighted by Crippen LogP contribution is -2.23. The summed E-state index contributed by atoms with van der Waals surface area (Å²) in [6, 6.07) is 23.2. The van der Waals surface area contributed by atoms with Gasteiger partial charge in [-0.25, -0.2) is 4.79 Å². The van der Waals surface area contributed by atoms with Crippen LogP contribution in [0.4, 0.5) is 11.4 Å². The third-order valence-corrected chi connectivity index (χ3v) is 6.98. The van der Waals surface area contributed by atoms with E-state index in [-0.39, 0.29) is 22.3 Å². The summed E-state index contributed by atoms with van der Waals surface area (Å²) in [5.41, 5.74) is 3.75. The van der Waals surface area contributed by atoms with Gasteiger partial charge in [0.15, 0.2) is 0 Å². The molecule has 4 rings (SSSR count). The predicted octanol–water partition coefficient (Wildman–Crippen LogP) is 6.53. The van der Waals surface area contributed by atoms with E-state index in [0.717, 1.165) is 21.7 Å². The molecule has 36 heavy (non-hydrogen) atoms. The van der Waals surface area contributed by atoms with Crippen LogP contribution < -0.4 is 10.6 Å². The highest BCUT2D eigenvalue weighted by atomic mass is 32.2. The largest absolute Gasteiger partial charge is 0.478 e. The number of fused-ring (bicyclic) bond motifs is 1. The van der Waals surface area contributed by atoms with Gasteiger partial charge in [-0.2, -0.15) is 0 Å². The Kier molecular flexibility index (Phi) is 7.41. The summed E-state index contributed by atoms with van der Waals surface area (Å²) in [5.74, 6) is -1.60. The Labute approximate surface area is 213 Å². The fourth-order valence-corrected chi connectivity index (χ4v) is 4.97. The summed E-state index contributed by atoms with van der Waals surface area (Å²) >= 11 is 1.39.